The molecular formula is C26H26F3N3O3. The molecule has 3 aromatic rings. The molecule has 1 saturated heterocycles. The molecule has 1 fully saturated rings. The maximum absolute atomic E-state index is 13.0. The van der Waals surface area contributed by atoms with Crippen LogP contribution in [0.2, 0.25) is 0 Å². The lowest BCUT2D eigenvalue weighted by Gasteiger charge is -2.33. The second-order valence-corrected chi connectivity index (χ2v) is 8.37. The monoisotopic (exact) mass is 485 g/mol. The molecule has 4 rings (SSSR count). The molecule has 0 spiro atoms. The largest absolute Gasteiger partial charge is 0.451 e. The van der Waals surface area contributed by atoms with Crippen LogP contribution in [0.4, 0.5) is 18.9 Å². The third-order valence-corrected chi connectivity index (χ3v) is 5.99. The van der Waals surface area contributed by atoms with Crippen LogP contribution in [0, 0.1) is 0 Å². The van der Waals surface area contributed by atoms with Gasteiger partial charge in [0.25, 0.3) is 5.91 Å². The van der Waals surface area contributed by atoms with E-state index in [9.17, 15) is 22.8 Å². The number of benzene rings is 2. The number of para-hydroxylation sites is 1. The van der Waals surface area contributed by atoms with Crippen LogP contribution in [-0.4, -0.2) is 54.3 Å². The van der Waals surface area contributed by atoms with Crippen LogP contribution in [-0.2, 0) is 17.4 Å². The molecule has 6 nitrogen and oxygen atoms in total. The summed E-state index contributed by atoms with van der Waals surface area (Å²) in [5, 5.41) is 2.95. The number of nitrogens with one attached hydrogen (secondary N) is 1. The smallest absolute Gasteiger partial charge is 0.416 e. The lowest BCUT2D eigenvalue weighted by atomic mass is 10.1. The molecule has 0 radical (unpaired) electrons. The third kappa shape index (κ3) is 5.92. The van der Waals surface area contributed by atoms with Gasteiger partial charge in [0, 0.05) is 37.4 Å². The summed E-state index contributed by atoms with van der Waals surface area (Å²) in [6.45, 7) is 4.13. The van der Waals surface area contributed by atoms with E-state index in [1.807, 2.05) is 36.1 Å². The summed E-state index contributed by atoms with van der Waals surface area (Å²) in [4.78, 5) is 29.0. The first-order valence-electron chi connectivity index (χ1n) is 11.4. The second kappa shape index (κ2) is 10.4. The number of piperazine rings is 1. The number of anilines is 1. The summed E-state index contributed by atoms with van der Waals surface area (Å²) in [6, 6.07) is 15.4. The fourth-order valence-electron chi connectivity index (χ4n) is 4.07. The van der Waals surface area contributed by atoms with E-state index < -0.39 is 11.7 Å². The molecule has 0 atom stereocenters. The van der Waals surface area contributed by atoms with Gasteiger partial charge in [-0.3, -0.25) is 14.5 Å². The Balaban J connectivity index is 1.32. The van der Waals surface area contributed by atoms with Crippen molar-refractivity contribution in [1.82, 2.24) is 9.80 Å². The summed E-state index contributed by atoms with van der Waals surface area (Å²) >= 11 is 0. The maximum atomic E-state index is 13.0. The topological polar surface area (TPSA) is 65.8 Å². The fraction of sp³-hybridized carbons (Fsp3) is 0.308. The van der Waals surface area contributed by atoms with E-state index in [1.165, 1.54) is 24.3 Å². The average molecular weight is 486 g/mol. The highest BCUT2D eigenvalue weighted by Gasteiger charge is 2.31. The Hall–Kier alpha value is -3.59. The Labute approximate surface area is 201 Å². The Bertz CT molecular complexity index is 1200. The molecule has 2 aromatic carbocycles. The van der Waals surface area contributed by atoms with Crippen molar-refractivity contribution in [1.29, 1.82) is 0 Å². The summed E-state index contributed by atoms with van der Waals surface area (Å²) in [6.07, 6.45) is -3.64. The zero-order valence-electron chi connectivity index (χ0n) is 19.3. The molecule has 1 aromatic heterocycles. The average Bonchev–Trinajstić information content (AvgIpc) is 3.34. The first kappa shape index (κ1) is 24.5. The highest BCUT2D eigenvalue weighted by molar-refractivity contribution is 5.93. The van der Waals surface area contributed by atoms with E-state index in [0.717, 1.165) is 29.8 Å². The molecule has 184 valence electrons. The van der Waals surface area contributed by atoms with Gasteiger partial charge in [-0.1, -0.05) is 37.3 Å². The van der Waals surface area contributed by atoms with Crippen molar-refractivity contribution in [3.63, 3.8) is 0 Å². The van der Waals surface area contributed by atoms with Crippen molar-refractivity contribution in [2.24, 2.45) is 0 Å². The third-order valence-electron chi connectivity index (χ3n) is 5.99. The van der Waals surface area contributed by atoms with E-state index in [-0.39, 0.29) is 35.4 Å². The van der Waals surface area contributed by atoms with Crippen molar-refractivity contribution < 1.29 is 27.2 Å². The Morgan fingerprint density at radius 2 is 1.71 bits per heavy atom. The van der Waals surface area contributed by atoms with Gasteiger partial charge >= 0.3 is 6.18 Å². The van der Waals surface area contributed by atoms with Crippen LogP contribution in [0.1, 0.15) is 28.6 Å². The maximum Gasteiger partial charge on any atom is 0.416 e. The van der Waals surface area contributed by atoms with Gasteiger partial charge in [-0.2, -0.15) is 13.2 Å². The number of amides is 2. The summed E-state index contributed by atoms with van der Waals surface area (Å²) in [7, 11) is 0. The molecule has 0 bridgehead atoms. The number of rotatable bonds is 6. The normalized spacial score (nSPS) is 14.7. The Kier molecular flexibility index (Phi) is 7.25. The van der Waals surface area contributed by atoms with Crippen LogP contribution in [0.5, 0.6) is 0 Å². The van der Waals surface area contributed by atoms with Crippen LogP contribution in [0.15, 0.2) is 65.1 Å². The van der Waals surface area contributed by atoms with Gasteiger partial charge in [0.2, 0.25) is 5.91 Å². The first-order chi connectivity index (χ1) is 16.7. The number of furan rings is 1. The van der Waals surface area contributed by atoms with Gasteiger partial charge in [0.1, 0.15) is 5.76 Å². The standard InChI is InChI=1S/C26H26F3N3O3/c1-2-18-6-3-4-9-21(18)30-24(33)17-31-12-14-32(15-13-31)25(34)23-11-10-22(35-23)19-7-5-8-20(16-19)26(27,28)29/h3-11,16H,2,12-15,17H2,1H3,(H,30,33). The minimum Gasteiger partial charge on any atom is -0.451 e. The molecule has 0 saturated carbocycles. The van der Waals surface area contributed by atoms with E-state index in [2.05, 4.69) is 5.32 Å². The van der Waals surface area contributed by atoms with Gasteiger partial charge in [0.15, 0.2) is 5.76 Å². The highest BCUT2D eigenvalue weighted by Crippen LogP contribution is 2.32. The summed E-state index contributed by atoms with van der Waals surface area (Å²) in [5.41, 5.74) is 1.35. The van der Waals surface area contributed by atoms with Crippen molar-refractivity contribution >= 4 is 17.5 Å². The Morgan fingerprint density at radius 1 is 0.971 bits per heavy atom. The Morgan fingerprint density at radius 3 is 2.43 bits per heavy atom. The fourth-order valence-corrected chi connectivity index (χ4v) is 4.07. The predicted octanol–water partition coefficient (Wildman–Crippen LogP) is 4.92. The van der Waals surface area contributed by atoms with Crippen molar-refractivity contribution in [2.75, 3.05) is 38.0 Å². The molecule has 0 aliphatic carbocycles. The van der Waals surface area contributed by atoms with Gasteiger partial charge < -0.3 is 14.6 Å². The number of halogens is 3. The molecule has 9 heteroatoms. The van der Waals surface area contributed by atoms with E-state index >= 15 is 0 Å². The lowest BCUT2D eigenvalue weighted by molar-refractivity contribution is -0.137. The number of aryl methyl sites for hydroxylation is 1. The van der Waals surface area contributed by atoms with E-state index in [4.69, 9.17) is 4.42 Å². The van der Waals surface area contributed by atoms with Crippen molar-refractivity contribution in [3.8, 4) is 11.3 Å². The van der Waals surface area contributed by atoms with Crippen LogP contribution in [0.3, 0.4) is 0 Å². The van der Waals surface area contributed by atoms with Crippen LogP contribution >= 0.6 is 0 Å². The van der Waals surface area contributed by atoms with E-state index in [1.54, 1.807) is 4.90 Å². The lowest BCUT2D eigenvalue weighted by Crippen LogP contribution is -2.50. The number of carbonyl (C=O) groups excluding carboxylic acids is 2. The minimum atomic E-state index is -4.46. The van der Waals surface area contributed by atoms with Gasteiger partial charge in [0.05, 0.1) is 12.1 Å². The highest BCUT2D eigenvalue weighted by atomic mass is 19.4. The zero-order valence-corrected chi connectivity index (χ0v) is 19.3. The number of hydrogen-bond acceptors (Lipinski definition) is 4. The quantitative estimate of drug-likeness (QED) is 0.538. The molecule has 35 heavy (non-hydrogen) atoms. The van der Waals surface area contributed by atoms with Crippen LogP contribution in [0.25, 0.3) is 11.3 Å². The summed E-state index contributed by atoms with van der Waals surface area (Å²) in [5.74, 6) is -0.173. The molecule has 0 unspecified atom stereocenters. The molecule has 1 N–H and O–H groups in total. The van der Waals surface area contributed by atoms with Crippen molar-refractivity contribution in [2.45, 2.75) is 19.5 Å². The number of nitrogens with zero attached hydrogens (tertiary/aromatic N) is 2. The first-order valence-corrected chi connectivity index (χ1v) is 11.4. The zero-order chi connectivity index (χ0) is 25.0. The van der Waals surface area contributed by atoms with Gasteiger partial charge in [-0.25, -0.2) is 0 Å². The molecule has 2 heterocycles. The second-order valence-electron chi connectivity index (χ2n) is 8.37. The SMILES string of the molecule is CCc1ccccc1NC(=O)CN1CCN(C(=O)c2ccc(-c3cccc(C(F)(F)F)c3)o2)CC1. The van der Waals surface area contributed by atoms with Gasteiger partial charge in [-0.15, -0.1) is 0 Å². The number of alkyl halides is 3. The van der Waals surface area contributed by atoms with Gasteiger partial charge in [-0.05, 0) is 42.3 Å². The number of hydrogen-bond donors (Lipinski definition) is 1. The molecule has 1 aliphatic rings. The van der Waals surface area contributed by atoms with E-state index in [0.29, 0.717) is 26.2 Å². The molecular weight excluding hydrogens is 459 g/mol. The minimum absolute atomic E-state index is 0.0692. The molecule has 1 aliphatic heterocycles. The van der Waals surface area contributed by atoms with Crippen LogP contribution < -0.4 is 5.32 Å². The predicted molar refractivity (Wildman–Crippen MR) is 126 cm³/mol. The van der Waals surface area contributed by atoms with Crippen molar-refractivity contribution in [3.05, 3.63) is 77.6 Å². The summed E-state index contributed by atoms with van der Waals surface area (Å²) < 4.78 is 44.6. The number of carbonyl (C=O) groups is 2. The molecule has 2 amide bonds.